The number of nitrogens with two attached hydrogens (primary N) is 1. The van der Waals surface area contributed by atoms with Crippen LogP contribution in [0.3, 0.4) is 0 Å². The van der Waals surface area contributed by atoms with E-state index in [0.29, 0.717) is 5.69 Å². The molecule has 4 rings (SSSR count). The lowest BCUT2D eigenvalue weighted by Gasteiger charge is -2.13. The number of hydrogen-bond donors (Lipinski definition) is 1. The smallest absolute Gasteiger partial charge is 0.410 e. The highest BCUT2D eigenvalue weighted by molar-refractivity contribution is 5.68. The van der Waals surface area contributed by atoms with E-state index in [1.807, 2.05) is 30.3 Å². The van der Waals surface area contributed by atoms with Gasteiger partial charge in [-0.1, -0.05) is 30.3 Å². The first-order chi connectivity index (χ1) is 15.0. The van der Waals surface area contributed by atoms with E-state index in [1.54, 1.807) is 18.3 Å². The van der Waals surface area contributed by atoms with E-state index in [1.165, 1.54) is 29.1 Å². The molecule has 2 aromatic heterocycles. The van der Waals surface area contributed by atoms with Crippen LogP contribution in [-0.2, 0) is 6.42 Å². The maximum absolute atomic E-state index is 15.1. The van der Waals surface area contributed by atoms with Gasteiger partial charge in [0.15, 0.2) is 11.6 Å². The van der Waals surface area contributed by atoms with Crippen LogP contribution in [0.4, 0.5) is 13.6 Å². The number of rotatable bonds is 6. The quantitative estimate of drug-likeness (QED) is 0.466. The molecule has 0 aliphatic heterocycles. The Hall–Kier alpha value is -4.27. The molecule has 0 radical (unpaired) electrons. The van der Waals surface area contributed by atoms with Crippen LogP contribution in [0.2, 0.25) is 0 Å². The summed E-state index contributed by atoms with van der Waals surface area (Å²) >= 11 is 0. The lowest BCUT2D eigenvalue weighted by molar-refractivity contribution is 0.208. The lowest BCUT2D eigenvalue weighted by Crippen LogP contribution is -2.17. The second-order valence-electron chi connectivity index (χ2n) is 6.48. The number of ether oxygens (including phenoxy) is 2. The minimum atomic E-state index is -1.12. The number of primary amides is 1. The van der Waals surface area contributed by atoms with E-state index in [-0.39, 0.29) is 29.4 Å². The van der Waals surface area contributed by atoms with Gasteiger partial charge in [0.1, 0.15) is 5.75 Å². The van der Waals surface area contributed by atoms with Crippen LogP contribution in [0.15, 0.2) is 73.1 Å². The predicted octanol–water partition coefficient (Wildman–Crippen LogP) is 4.39. The van der Waals surface area contributed by atoms with Crippen molar-refractivity contribution in [3.05, 3.63) is 95.9 Å². The highest BCUT2D eigenvalue weighted by Crippen LogP contribution is 2.33. The standard InChI is InChI=1S/C22H16F2N4O3/c23-19-13-15(8-10-26-19)28-11-9-20(27-28)30-17-6-7-18(31-22(25)29)21(24)16(17)12-14-4-2-1-3-5-14/h1-11,13H,12H2,(H2,25,29). The summed E-state index contributed by atoms with van der Waals surface area (Å²) in [5.41, 5.74) is 6.45. The van der Waals surface area contributed by atoms with Crippen molar-refractivity contribution in [2.24, 2.45) is 5.73 Å². The predicted molar refractivity (Wildman–Crippen MR) is 107 cm³/mol. The van der Waals surface area contributed by atoms with E-state index in [0.717, 1.165) is 5.56 Å². The first-order valence-electron chi connectivity index (χ1n) is 9.17. The summed E-state index contributed by atoms with van der Waals surface area (Å²) in [4.78, 5) is 14.6. The van der Waals surface area contributed by atoms with Gasteiger partial charge < -0.3 is 15.2 Å². The SMILES string of the molecule is NC(=O)Oc1ccc(Oc2ccn(-c3ccnc(F)c3)n2)c(Cc2ccccc2)c1F. The van der Waals surface area contributed by atoms with Gasteiger partial charge in [-0.3, -0.25) is 0 Å². The van der Waals surface area contributed by atoms with Crippen LogP contribution in [0.25, 0.3) is 5.69 Å². The van der Waals surface area contributed by atoms with Gasteiger partial charge in [-0.15, -0.1) is 5.10 Å². The van der Waals surface area contributed by atoms with Crippen molar-refractivity contribution in [1.29, 1.82) is 0 Å². The Labute approximate surface area is 175 Å². The zero-order chi connectivity index (χ0) is 21.8. The number of halogens is 2. The lowest BCUT2D eigenvalue weighted by atomic mass is 10.0. The van der Waals surface area contributed by atoms with Crippen molar-refractivity contribution in [2.75, 3.05) is 0 Å². The fraction of sp³-hybridized carbons (Fsp3) is 0.0455. The zero-order valence-electron chi connectivity index (χ0n) is 16.0. The molecule has 0 atom stereocenters. The maximum atomic E-state index is 15.1. The summed E-state index contributed by atoms with van der Waals surface area (Å²) in [6, 6.07) is 16.2. The largest absolute Gasteiger partial charge is 0.437 e. The van der Waals surface area contributed by atoms with E-state index in [9.17, 15) is 9.18 Å². The first kappa shape index (κ1) is 20.0. The van der Waals surface area contributed by atoms with Crippen molar-refractivity contribution in [3.63, 3.8) is 0 Å². The van der Waals surface area contributed by atoms with Crippen molar-refractivity contribution in [2.45, 2.75) is 6.42 Å². The Morgan fingerprint density at radius 1 is 1.03 bits per heavy atom. The monoisotopic (exact) mass is 422 g/mol. The first-order valence-corrected chi connectivity index (χ1v) is 9.17. The van der Waals surface area contributed by atoms with Gasteiger partial charge in [0.05, 0.1) is 5.69 Å². The van der Waals surface area contributed by atoms with Gasteiger partial charge >= 0.3 is 6.09 Å². The number of carbonyl (C=O) groups is 1. The van der Waals surface area contributed by atoms with Crippen LogP contribution in [0.5, 0.6) is 17.4 Å². The van der Waals surface area contributed by atoms with Gasteiger partial charge in [0, 0.05) is 36.5 Å². The molecule has 0 aliphatic rings. The van der Waals surface area contributed by atoms with Crippen LogP contribution in [-0.4, -0.2) is 20.9 Å². The normalized spacial score (nSPS) is 10.6. The molecule has 0 saturated heterocycles. The van der Waals surface area contributed by atoms with Gasteiger partial charge in [-0.05, 0) is 23.8 Å². The van der Waals surface area contributed by atoms with Crippen molar-refractivity contribution in [3.8, 4) is 23.1 Å². The third-order valence-electron chi connectivity index (χ3n) is 4.35. The molecule has 1 amide bonds. The summed E-state index contributed by atoms with van der Waals surface area (Å²) in [5.74, 6) is -1.37. The maximum Gasteiger partial charge on any atom is 0.410 e. The summed E-state index contributed by atoms with van der Waals surface area (Å²) in [6.07, 6.45) is 1.94. The Balaban J connectivity index is 1.67. The molecule has 9 heteroatoms. The highest BCUT2D eigenvalue weighted by Gasteiger charge is 2.19. The molecule has 7 nitrogen and oxygen atoms in total. The number of nitrogens with zero attached hydrogens (tertiary/aromatic N) is 3. The average molecular weight is 422 g/mol. The van der Waals surface area contributed by atoms with Gasteiger partial charge in [0.25, 0.3) is 0 Å². The highest BCUT2D eigenvalue weighted by atomic mass is 19.1. The fourth-order valence-electron chi connectivity index (χ4n) is 2.98. The van der Waals surface area contributed by atoms with E-state index in [4.69, 9.17) is 15.2 Å². The summed E-state index contributed by atoms with van der Waals surface area (Å²) < 4.78 is 40.4. The molecule has 0 bridgehead atoms. The van der Waals surface area contributed by atoms with Crippen molar-refractivity contribution >= 4 is 6.09 Å². The molecular weight excluding hydrogens is 406 g/mol. The van der Waals surface area contributed by atoms with Crippen molar-refractivity contribution in [1.82, 2.24) is 14.8 Å². The van der Waals surface area contributed by atoms with Gasteiger partial charge in [0.2, 0.25) is 11.8 Å². The summed E-state index contributed by atoms with van der Waals surface area (Å²) in [5, 5.41) is 4.24. The van der Waals surface area contributed by atoms with Crippen LogP contribution >= 0.6 is 0 Å². The number of pyridine rings is 1. The molecule has 0 unspecified atom stereocenters. The Morgan fingerprint density at radius 2 is 1.81 bits per heavy atom. The molecule has 31 heavy (non-hydrogen) atoms. The van der Waals surface area contributed by atoms with Crippen LogP contribution in [0.1, 0.15) is 11.1 Å². The Kier molecular flexibility index (Phi) is 5.57. The molecule has 0 aliphatic carbocycles. The number of amides is 1. The molecule has 0 fully saturated rings. The molecule has 2 N–H and O–H groups in total. The molecule has 0 spiro atoms. The van der Waals surface area contributed by atoms with Crippen LogP contribution in [0, 0.1) is 11.8 Å². The second kappa shape index (κ2) is 8.62. The molecule has 2 heterocycles. The fourth-order valence-corrected chi connectivity index (χ4v) is 2.98. The number of carbonyl (C=O) groups excluding carboxylic acids is 1. The minimum absolute atomic E-state index is 0.162. The topological polar surface area (TPSA) is 92.3 Å². The number of aromatic nitrogens is 3. The van der Waals surface area contributed by atoms with E-state index < -0.39 is 17.9 Å². The Morgan fingerprint density at radius 3 is 2.55 bits per heavy atom. The molecule has 0 saturated carbocycles. The third-order valence-corrected chi connectivity index (χ3v) is 4.35. The van der Waals surface area contributed by atoms with Gasteiger partial charge in [-0.2, -0.15) is 4.39 Å². The molecule has 2 aromatic carbocycles. The van der Waals surface area contributed by atoms with Crippen molar-refractivity contribution < 1.29 is 23.0 Å². The molecule has 4 aromatic rings. The summed E-state index contributed by atoms with van der Waals surface area (Å²) in [6.45, 7) is 0. The third kappa shape index (κ3) is 4.67. The number of hydrogen-bond acceptors (Lipinski definition) is 5. The minimum Gasteiger partial charge on any atom is -0.437 e. The molecule has 156 valence electrons. The van der Waals surface area contributed by atoms with E-state index >= 15 is 4.39 Å². The van der Waals surface area contributed by atoms with Gasteiger partial charge in [-0.25, -0.2) is 18.9 Å². The summed E-state index contributed by atoms with van der Waals surface area (Å²) in [7, 11) is 0. The number of benzene rings is 2. The average Bonchev–Trinajstić information content (AvgIpc) is 3.22. The molecular formula is C22H16F2N4O3. The second-order valence-corrected chi connectivity index (χ2v) is 6.48. The Bertz CT molecular complexity index is 1230. The zero-order valence-corrected chi connectivity index (χ0v) is 16.0. The van der Waals surface area contributed by atoms with Crippen LogP contribution < -0.4 is 15.2 Å². The van der Waals surface area contributed by atoms with E-state index in [2.05, 4.69) is 10.1 Å².